The summed E-state index contributed by atoms with van der Waals surface area (Å²) in [4.78, 5) is 25.9. The maximum atomic E-state index is 12.9. The Labute approximate surface area is 172 Å². The van der Waals surface area contributed by atoms with E-state index in [4.69, 9.17) is 9.26 Å². The number of benzene rings is 1. The molecule has 0 unspecified atom stereocenters. The van der Waals surface area contributed by atoms with Crippen molar-refractivity contribution >= 4 is 28.9 Å². The molecule has 2 heterocycles. The van der Waals surface area contributed by atoms with Gasteiger partial charge in [-0.3, -0.25) is 4.79 Å². The molecule has 2 aromatic heterocycles. The van der Waals surface area contributed by atoms with Crippen LogP contribution in [0.1, 0.15) is 48.7 Å². The molecule has 7 heteroatoms. The number of unbranched alkanes of at least 4 members (excludes halogenated alkanes) is 1. The number of amides is 1. The summed E-state index contributed by atoms with van der Waals surface area (Å²) in [6, 6.07) is 12.5. The van der Waals surface area contributed by atoms with E-state index >= 15 is 0 Å². The lowest BCUT2D eigenvalue weighted by atomic mass is 10.0. The van der Waals surface area contributed by atoms with Gasteiger partial charge in [0, 0.05) is 11.8 Å². The number of carbonyl (C=O) groups is 2. The normalized spacial score (nSPS) is 14.4. The Kier molecular flexibility index (Phi) is 5.49. The summed E-state index contributed by atoms with van der Waals surface area (Å²) in [5, 5.41) is 9.06. The maximum Gasteiger partial charge on any atom is 0.338 e. The van der Waals surface area contributed by atoms with Gasteiger partial charge < -0.3 is 14.6 Å². The van der Waals surface area contributed by atoms with Crippen molar-refractivity contribution in [1.29, 1.82) is 0 Å². The van der Waals surface area contributed by atoms with Gasteiger partial charge in [0.1, 0.15) is 0 Å². The van der Waals surface area contributed by atoms with Gasteiger partial charge in [-0.1, -0.05) is 24.6 Å². The van der Waals surface area contributed by atoms with Crippen molar-refractivity contribution in [3.63, 3.8) is 0 Å². The minimum Gasteiger partial charge on any atom is -0.462 e. The Bertz CT molecular complexity index is 988. The van der Waals surface area contributed by atoms with Crippen molar-refractivity contribution in [3.05, 3.63) is 59.1 Å². The Morgan fingerprint density at radius 1 is 1.24 bits per heavy atom. The van der Waals surface area contributed by atoms with E-state index in [1.165, 1.54) is 0 Å². The van der Waals surface area contributed by atoms with Gasteiger partial charge in [0.15, 0.2) is 5.76 Å². The summed E-state index contributed by atoms with van der Waals surface area (Å²) in [5.41, 5.74) is 1.12. The van der Waals surface area contributed by atoms with Crippen LogP contribution in [0.5, 0.6) is 0 Å². The van der Waals surface area contributed by atoms with Crippen LogP contribution in [0, 0.1) is 0 Å². The third-order valence-electron chi connectivity index (χ3n) is 5.06. The van der Waals surface area contributed by atoms with Crippen molar-refractivity contribution in [2.45, 2.75) is 38.0 Å². The Hall–Kier alpha value is -2.93. The summed E-state index contributed by atoms with van der Waals surface area (Å²) in [6.45, 7) is 2.46. The lowest BCUT2D eigenvalue weighted by Gasteiger charge is -2.12. The predicted molar refractivity (Wildman–Crippen MR) is 111 cm³/mol. The molecule has 0 aliphatic heterocycles. The van der Waals surface area contributed by atoms with Crippen LogP contribution in [0.4, 0.5) is 5.69 Å². The highest BCUT2D eigenvalue weighted by Crippen LogP contribution is 2.49. The first-order chi connectivity index (χ1) is 14.1. The monoisotopic (exact) mass is 410 g/mol. The molecule has 1 N–H and O–H groups in total. The fourth-order valence-electron chi connectivity index (χ4n) is 3.09. The zero-order chi connectivity index (χ0) is 20.3. The van der Waals surface area contributed by atoms with Gasteiger partial charge in [-0.25, -0.2) is 4.79 Å². The number of rotatable bonds is 8. The number of nitrogens with zero attached hydrogens (tertiary/aromatic N) is 1. The summed E-state index contributed by atoms with van der Waals surface area (Å²) in [6.07, 6.45) is 3.28. The molecule has 29 heavy (non-hydrogen) atoms. The molecule has 1 aliphatic rings. The lowest BCUT2D eigenvalue weighted by Crippen LogP contribution is -2.28. The fourth-order valence-corrected chi connectivity index (χ4v) is 3.77. The largest absolute Gasteiger partial charge is 0.462 e. The Balaban J connectivity index is 1.41. The van der Waals surface area contributed by atoms with Crippen LogP contribution in [0.3, 0.4) is 0 Å². The van der Waals surface area contributed by atoms with Gasteiger partial charge in [-0.15, -0.1) is 11.3 Å². The Morgan fingerprint density at radius 3 is 2.69 bits per heavy atom. The van der Waals surface area contributed by atoms with Gasteiger partial charge in [0.2, 0.25) is 5.91 Å². The van der Waals surface area contributed by atoms with Crippen LogP contribution in [0.15, 0.2) is 52.4 Å². The first-order valence-electron chi connectivity index (χ1n) is 9.72. The van der Waals surface area contributed by atoms with Crippen molar-refractivity contribution < 1.29 is 18.8 Å². The average molecular weight is 410 g/mol. The zero-order valence-electron chi connectivity index (χ0n) is 16.1. The van der Waals surface area contributed by atoms with Crippen LogP contribution in [0.25, 0.3) is 10.6 Å². The summed E-state index contributed by atoms with van der Waals surface area (Å²) in [5.74, 6) is 0.223. The van der Waals surface area contributed by atoms with Crippen molar-refractivity contribution in [3.8, 4) is 10.6 Å². The van der Waals surface area contributed by atoms with Crippen LogP contribution >= 0.6 is 11.3 Å². The highest BCUT2D eigenvalue weighted by Gasteiger charge is 2.53. The minimum absolute atomic E-state index is 0.109. The topological polar surface area (TPSA) is 81.4 Å². The fraction of sp³-hybridized carbons (Fsp3) is 0.318. The number of anilines is 1. The molecular formula is C22H22N2O4S. The van der Waals surface area contributed by atoms with E-state index < -0.39 is 5.41 Å². The van der Waals surface area contributed by atoms with E-state index in [0.29, 0.717) is 29.3 Å². The number of thiophene rings is 1. The average Bonchev–Trinajstić information content (AvgIpc) is 3.14. The molecule has 1 aliphatic carbocycles. The van der Waals surface area contributed by atoms with Gasteiger partial charge in [0.25, 0.3) is 0 Å². The Morgan fingerprint density at radius 2 is 2.03 bits per heavy atom. The molecule has 1 fully saturated rings. The molecule has 0 atom stereocenters. The zero-order valence-corrected chi connectivity index (χ0v) is 17.0. The van der Waals surface area contributed by atoms with E-state index in [2.05, 4.69) is 10.5 Å². The molecule has 1 saturated carbocycles. The number of hydrogen-bond acceptors (Lipinski definition) is 6. The second kappa shape index (κ2) is 8.21. The van der Waals surface area contributed by atoms with E-state index in [0.717, 1.165) is 30.6 Å². The summed E-state index contributed by atoms with van der Waals surface area (Å²) in [7, 11) is 0. The molecule has 1 amide bonds. The highest BCUT2D eigenvalue weighted by molar-refractivity contribution is 7.13. The molecule has 0 saturated heterocycles. The van der Waals surface area contributed by atoms with Gasteiger partial charge in [-0.2, -0.15) is 0 Å². The second-order valence-electron chi connectivity index (χ2n) is 7.16. The third kappa shape index (κ3) is 4.10. The van der Waals surface area contributed by atoms with Crippen LogP contribution in [-0.4, -0.2) is 23.6 Å². The first kappa shape index (κ1) is 19.4. The number of esters is 1. The van der Waals surface area contributed by atoms with E-state index in [-0.39, 0.29) is 11.9 Å². The van der Waals surface area contributed by atoms with Crippen LogP contribution < -0.4 is 5.32 Å². The van der Waals surface area contributed by atoms with Gasteiger partial charge >= 0.3 is 5.97 Å². The number of hydrogen-bond donors (Lipinski definition) is 1. The predicted octanol–water partition coefficient (Wildman–Crippen LogP) is 5.03. The van der Waals surface area contributed by atoms with Crippen molar-refractivity contribution in [2.24, 2.45) is 0 Å². The molecule has 1 aromatic carbocycles. The van der Waals surface area contributed by atoms with E-state index in [9.17, 15) is 9.59 Å². The molecule has 3 aromatic rings. The molecule has 0 radical (unpaired) electrons. The highest BCUT2D eigenvalue weighted by atomic mass is 32.1. The molecule has 4 rings (SSSR count). The van der Waals surface area contributed by atoms with Crippen molar-refractivity contribution in [2.75, 3.05) is 11.9 Å². The van der Waals surface area contributed by atoms with E-state index in [1.807, 2.05) is 30.5 Å². The molecule has 0 bridgehead atoms. The van der Waals surface area contributed by atoms with Crippen LogP contribution in [-0.2, 0) is 14.9 Å². The number of carbonyl (C=O) groups excluding carboxylic acids is 2. The standard InChI is InChI=1S/C22H22N2O4S/c1-2-3-12-27-20(25)15-6-8-16(9-7-15)23-21(26)22(10-11-22)19-14-17(28-24-19)18-5-4-13-29-18/h4-9,13-14H,2-3,10-12H2,1H3,(H,23,26). The molecule has 0 spiro atoms. The van der Waals surface area contributed by atoms with Crippen molar-refractivity contribution in [1.82, 2.24) is 5.16 Å². The van der Waals surface area contributed by atoms with E-state index in [1.54, 1.807) is 35.6 Å². The molecule has 6 nitrogen and oxygen atoms in total. The number of nitrogens with one attached hydrogen (secondary N) is 1. The summed E-state index contributed by atoms with van der Waals surface area (Å²) >= 11 is 1.57. The smallest absolute Gasteiger partial charge is 0.338 e. The quantitative estimate of drug-likeness (QED) is 0.416. The summed E-state index contributed by atoms with van der Waals surface area (Å²) < 4.78 is 10.6. The third-order valence-corrected chi connectivity index (χ3v) is 5.94. The lowest BCUT2D eigenvalue weighted by molar-refractivity contribution is -0.118. The van der Waals surface area contributed by atoms with Gasteiger partial charge in [0.05, 0.1) is 28.2 Å². The van der Waals surface area contributed by atoms with Gasteiger partial charge in [-0.05, 0) is 55.0 Å². The minimum atomic E-state index is -0.642. The SMILES string of the molecule is CCCCOC(=O)c1ccc(NC(=O)C2(c3cc(-c4cccs4)on3)CC2)cc1. The van der Waals surface area contributed by atoms with Crippen LogP contribution in [0.2, 0.25) is 0 Å². The molecular weight excluding hydrogens is 388 g/mol. The number of aromatic nitrogens is 1. The second-order valence-corrected chi connectivity index (χ2v) is 8.10. The molecule has 150 valence electrons. The number of ether oxygens (including phenoxy) is 1. The first-order valence-corrected chi connectivity index (χ1v) is 10.6. The maximum absolute atomic E-state index is 12.9.